The molecule has 3 unspecified atom stereocenters. The minimum Gasteiger partial charge on any atom is -0.378 e. The molecule has 2 rings (SSSR count). The summed E-state index contributed by atoms with van der Waals surface area (Å²) < 4.78 is 7.45. The van der Waals surface area contributed by atoms with Gasteiger partial charge in [0.05, 0.1) is 11.8 Å². The van der Waals surface area contributed by atoms with E-state index >= 15 is 0 Å². The lowest BCUT2D eigenvalue weighted by molar-refractivity contribution is 0.0116. The van der Waals surface area contributed by atoms with Crippen LogP contribution in [0.15, 0.2) is 6.20 Å². The lowest BCUT2D eigenvalue weighted by Crippen LogP contribution is -2.39. The number of nitrogens with zero attached hydrogens (tertiary/aromatic N) is 2. The van der Waals surface area contributed by atoms with Crippen molar-refractivity contribution in [3.63, 3.8) is 0 Å². The van der Waals surface area contributed by atoms with Crippen molar-refractivity contribution >= 4 is 0 Å². The fourth-order valence-electron chi connectivity index (χ4n) is 2.64. The smallest absolute Gasteiger partial charge is 0.0641 e. The Balaban J connectivity index is 1.96. The highest BCUT2D eigenvalue weighted by molar-refractivity contribution is 5.19. The second-order valence-electron chi connectivity index (χ2n) is 5.13. The van der Waals surface area contributed by atoms with E-state index in [1.807, 2.05) is 11.7 Å². The van der Waals surface area contributed by atoms with Gasteiger partial charge in [0, 0.05) is 37.5 Å². The molecule has 2 heterocycles. The topological polar surface area (TPSA) is 39.1 Å². The van der Waals surface area contributed by atoms with Crippen LogP contribution in [0.1, 0.15) is 44.0 Å². The van der Waals surface area contributed by atoms with Gasteiger partial charge in [0.25, 0.3) is 0 Å². The summed E-state index contributed by atoms with van der Waals surface area (Å²) in [7, 11) is 1.97. The van der Waals surface area contributed by atoms with Gasteiger partial charge in [-0.15, -0.1) is 0 Å². The largest absolute Gasteiger partial charge is 0.378 e. The molecule has 0 amide bonds. The summed E-state index contributed by atoms with van der Waals surface area (Å²) in [5.41, 5.74) is 2.42. The van der Waals surface area contributed by atoms with Crippen LogP contribution in [-0.2, 0) is 11.8 Å². The first-order chi connectivity index (χ1) is 8.06. The zero-order valence-corrected chi connectivity index (χ0v) is 11.2. The summed E-state index contributed by atoms with van der Waals surface area (Å²) in [5, 5.41) is 8.08. The van der Waals surface area contributed by atoms with E-state index in [2.05, 4.69) is 37.4 Å². The van der Waals surface area contributed by atoms with E-state index in [9.17, 15) is 0 Å². The van der Waals surface area contributed by atoms with Crippen LogP contribution in [0.4, 0.5) is 0 Å². The fourth-order valence-corrected chi connectivity index (χ4v) is 2.64. The lowest BCUT2D eigenvalue weighted by Gasteiger charge is -2.30. The number of rotatable bonds is 3. The molecular weight excluding hydrogens is 214 g/mol. The summed E-state index contributed by atoms with van der Waals surface area (Å²) in [5.74, 6) is 0. The maximum atomic E-state index is 5.57. The van der Waals surface area contributed by atoms with Gasteiger partial charge in [0.2, 0.25) is 0 Å². The monoisotopic (exact) mass is 237 g/mol. The van der Waals surface area contributed by atoms with Crippen LogP contribution in [0.5, 0.6) is 0 Å². The van der Waals surface area contributed by atoms with Gasteiger partial charge in [-0.25, -0.2) is 0 Å². The number of hydrogen-bond acceptors (Lipinski definition) is 3. The second-order valence-corrected chi connectivity index (χ2v) is 5.13. The lowest BCUT2D eigenvalue weighted by atomic mass is 10.0. The molecule has 96 valence electrons. The Kier molecular flexibility index (Phi) is 3.84. The summed E-state index contributed by atoms with van der Waals surface area (Å²) in [4.78, 5) is 0. The minimum atomic E-state index is 0.360. The Hall–Kier alpha value is -0.870. The highest BCUT2D eigenvalue weighted by Crippen LogP contribution is 2.20. The third kappa shape index (κ3) is 3.07. The molecule has 0 radical (unpaired) electrons. The quantitative estimate of drug-likeness (QED) is 0.873. The number of hydrogen-bond donors (Lipinski definition) is 1. The second kappa shape index (κ2) is 5.19. The predicted molar refractivity (Wildman–Crippen MR) is 67.9 cm³/mol. The Morgan fingerprint density at radius 3 is 2.94 bits per heavy atom. The molecule has 1 saturated heterocycles. The maximum absolute atomic E-state index is 5.57. The maximum Gasteiger partial charge on any atom is 0.0641 e. The first-order valence-electron chi connectivity index (χ1n) is 6.44. The predicted octanol–water partition coefficient (Wildman–Crippen LogP) is 1.95. The van der Waals surface area contributed by atoms with Gasteiger partial charge in [0.1, 0.15) is 0 Å². The number of ether oxygens (including phenoxy) is 1. The third-order valence-corrected chi connectivity index (χ3v) is 3.49. The molecule has 1 aromatic rings. The van der Waals surface area contributed by atoms with Crippen LogP contribution in [0.2, 0.25) is 0 Å². The zero-order valence-electron chi connectivity index (χ0n) is 11.2. The Bertz CT molecular complexity index is 375. The van der Waals surface area contributed by atoms with Gasteiger partial charge in [-0.3, -0.25) is 4.68 Å². The summed E-state index contributed by atoms with van der Waals surface area (Å²) >= 11 is 0. The molecule has 0 bridgehead atoms. The molecular formula is C13H23N3O. The first kappa shape index (κ1) is 12.6. The summed E-state index contributed by atoms with van der Waals surface area (Å²) in [6.07, 6.45) is 4.69. The van der Waals surface area contributed by atoms with E-state index in [0.717, 1.165) is 25.1 Å². The molecule has 0 spiro atoms. The molecule has 0 aliphatic carbocycles. The Morgan fingerprint density at radius 2 is 2.35 bits per heavy atom. The van der Waals surface area contributed by atoms with Crippen LogP contribution in [0, 0.1) is 6.92 Å². The van der Waals surface area contributed by atoms with Crippen molar-refractivity contribution < 1.29 is 4.74 Å². The molecule has 1 fully saturated rings. The SMILES string of the molecule is Cc1nn(C)cc1C(C)NC1CCOC(C)C1. The number of aromatic nitrogens is 2. The molecule has 1 aromatic heterocycles. The van der Waals surface area contributed by atoms with Gasteiger partial charge in [0.15, 0.2) is 0 Å². The van der Waals surface area contributed by atoms with Crippen molar-refractivity contribution in [1.29, 1.82) is 0 Å². The van der Waals surface area contributed by atoms with Crippen molar-refractivity contribution in [1.82, 2.24) is 15.1 Å². The van der Waals surface area contributed by atoms with E-state index < -0.39 is 0 Å². The average Bonchev–Trinajstić information content (AvgIpc) is 2.58. The number of nitrogens with one attached hydrogen (secondary N) is 1. The molecule has 3 atom stereocenters. The van der Waals surface area contributed by atoms with E-state index in [1.165, 1.54) is 5.56 Å². The minimum absolute atomic E-state index is 0.360. The van der Waals surface area contributed by atoms with Crippen LogP contribution in [0.25, 0.3) is 0 Å². The van der Waals surface area contributed by atoms with Crippen LogP contribution < -0.4 is 5.32 Å². The Labute approximate surface area is 103 Å². The van der Waals surface area contributed by atoms with E-state index in [1.54, 1.807) is 0 Å². The van der Waals surface area contributed by atoms with Gasteiger partial charge >= 0.3 is 0 Å². The zero-order chi connectivity index (χ0) is 12.4. The molecule has 4 nitrogen and oxygen atoms in total. The molecule has 4 heteroatoms. The standard InChI is InChI=1S/C13H23N3O/c1-9-7-12(5-6-17-9)14-10(2)13-8-16(4)15-11(13)3/h8-10,12,14H,5-7H2,1-4H3. The van der Waals surface area contributed by atoms with Gasteiger partial charge in [-0.05, 0) is 33.6 Å². The fraction of sp³-hybridized carbons (Fsp3) is 0.769. The third-order valence-electron chi connectivity index (χ3n) is 3.49. The number of aryl methyl sites for hydroxylation is 2. The highest BCUT2D eigenvalue weighted by Gasteiger charge is 2.22. The van der Waals surface area contributed by atoms with Crippen LogP contribution in [-0.4, -0.2) is 28.5 Å². The average molecular weight is 237 g/mol. The van der Waals surface area contributed by atoms with Gasteiger partial charge in [-0.2, -0.15) is 5.10 Å². The van der Waals surface area contributed by atoms with E-state index in [0.29, 0.717) is 18.2 Å². The molecule has 0 aromatic carbocycles. The van der Waals surface area contributed by atoms with Gasteiger partial charge in [-0.1, -0.05) is 0 Å². The first-order valence-corrected chi connectivity index (χ1v) is 6.44. The van der Waals surface area contributed by atoms with Crippen molar-refractivity contribution in [3.8, 4) is 0 Å². The molecule has 17 heavy (non-hydrogen) atoms. The van der Waals surface area contributed by atoms with Gasteiger partial charge < -0.3 is 10.1 Å². The van der Waals surface area contributed by atoms with Crippen LogP contribution >= 0.6 is 0 Å². The summed E-state index contributed by atoms with van der Waals surface area (Å²) in [6.45, 7) is 7.30. The van der Waals surface area contributed by atoms with Crippen molar-refractivity contribution in [2.45, 2.75) is 51.8 Å². The van der Waals surface area contributed by atoms with Crippen molar-refractivity contribution in [2.24, 2.45) is 7.05 Å². The normalized spacial score (nSPS) is 27.1. The highest BCUT2D eigenvalue weighted by atomic mass is 16.5. The van der Waals surface area contributed by atoms with E-state index in [-0.39, 0.29) is 0 Å². The molecule has 1 N–H and O–H groups in total. The Morgan fingerprint density at radius 1 is 1.59 bits per heavy atom. The summed E-state index contributed by atoms with van der Waals surface area (Å²) in [6, 6.07) is 0.923. The van der Waals surface area contributed by atoms with Crippen LogP contribution in [0.3, 0.4) is 0 Å². The molecule has 1 aliphatic rings. The molecule has 1 aliphatic heterocycles. The van der Waals surface area contributed by atoms with Crippen molar-refractivity contribution in [3.05, 3.63) is 17.5 Å². The van der Waals surface area contributed by atoms with E-state index in [4.69, 9.17) is 4.74 Å². The van der Waals surface area contributed by atoms with Crippen molar-refractivity contribution in [2.75, 3.05) is 6.61 Å². The molecule has 0 saturated carbocycles.